The smallest absolute Gasteiger partial charge is 0.255 e. The van der Waals surface area contributed by atoms with Crippen LogP contribution in [-0.4, -0.2) is 18.6 Å². The number of anilines is 2. The second-order valence-electron chi connectivity index (χ2n) is 6.63. The van der Waals surface area contributed by atoms with Gasteiger partial charge in [0.05, 0.1) is 5.69 Å². The van der Waals surface area contributed by atoms with Crippen LogP contribution in [-0.2, 0) is 0 Å². The summed E-state index contributed by atoms with van der Waals surface area (Å²) in [5.41, 5.74) is 0.886. The Labute approximate surface area is 170 Å². The first kappa shape index (κ1) is 19.4. The van der Waals surface area contributed by atoms with Crippen LogP contribution in [0.3, 0.4) is 0 Å². The predicted octanol–water partition coefficient (Wildman–Crippen LogP) is 4.51. The minimum atomic E-state index is -0.697. The number of benzene rings is 3. The maximum Gasteiger partial charge on any atom is 0.255 e. The summed E-state index contributed by atoms with van der Waals surface area (Å²) in [6.07, 6.45) is 0. The molecule has 4 rings (SSSR count). The molecule has 3 aromatic rings. The van der Waals surface area contributed by atoms with Crippen molar-refractivity contribution in [3.05, 3.63) is 82.9 Å². The number of hydrogen-bond acceptors (Lipinski definition) is 4. The van der Waals surface area contributed by atoms with E-state index in [0.717, 1.165) is 12.1 Å². The Morgan fingerprint density at radius 2 is 1.50 bits per heavy atom. The van der Waals surface area contributed by atoms with E-state index < -0.39 is 23.4 Å². The SMILES string of the molecule is Cc1ccc(C(=O)Nc2cc(NC(=O)c3ccc4c(c3)OCO4)ccc2F)cc1F. The van der Waals surface area contributed by atoms with Crippen LogP contribution < -0.4 is 20.1 Å². The van der Waals surface area contributed by atoms with Gasteiger partial charge in [0.2, 0.25) is 6.79 Å². The van der Waals surface area contributed by atoms with Gasteiger partial charge in [-0.25, -0.2) is 8.78 Å². The van der Waals surface area contributed by atoms with E-state index in [1.54, 1.807) is 19.1 Å². The summed E-state index contributed by atoms with van der Waals surface area (Å²) in [6, 6.07) is 12.5. The topological polar surface area (TPSA) is 76.7 Å². The zero-order chi connectivity index (χ0) is 21.3. The Morgan fingerprint density at radius 3 is 2.30 bits per heavy atom. The van der Waals surface area contributed by atoms with Crippen LogP contribution in [0.15, 0.2) is 54.6 Å². The number of ether oxygens (including phenoxy) is 2. The Balaban J connectivity index is 1.50. The maximum absolute atomic E-state index is 14.2. The van der Waals surface area contributed by atoms with Gasteiger partial charge in [-0.2, -0.15) is 0 Å². The van der Waals surface area contributed by atoms with Crippen LogP contribution >= 0.6 is 0 Å². The average molecular weight is 410 g/mol. The minimum absolute atomic E-state index is 0.0484. The molecule has 0 aromatic heterocycles. The molecule has 0 atom stereocenters. The normalized spacial score (nSPS) is 11.8. The molecule has 0 spiro atoms. The minimum Gasteiger partial charge on any atom is -0.454 e. The highest BCUT2D eigenvalue weighted by molar-refractivity contribution is 6.06. The van der Waals surface area contributed by atoms with E-state index in [1.165, 1.54) is 30.3 Å². The second kappa shape index (κ2) is 7.82. The van der Waals surface area contributed by atoms with Crippen LogP contribution in [0.1, 0.15) is 26.3 Å². The van der Waals surface area contributed by atoms with Crippen molar-refractivity contribution in [2.45, 2.75) is 6.92 Å². The number of aryl methyl sites for hydroxylation is 1. The Hall–Kier alpha value is -3.94. The lowest BCUT2D eigenvalue weighted by Gasteiger charge is -2.11. The third-order valence-corrected chi connectivity index (χ3v) is 4.54. The van der Waals surface area contributed by atoms with Gasteiger partial charge in [-0.15, -0.1) is 0 Å². The molecule has 0 saturated heterocycles. The highest BCUT2D eigenvalue weighted by Gasteiger charge is 2.17. The molecule has 0 fully saturated rings. The number of amides is 2. The summed E-state index contributed by atoms with van der Waals surface area (Å²) >= 11 is 0. The molecule has 30 heavy (non-hydrogen) atoms. The summed E-state index contributed by atoms with van der Waals surface area (Å²) in [7, 11) is 0. The van der Waals surface area contributed by atoms with Crippen LogP contribution in [0.25, 0.3) is 0 Å². The summed E-state index contributed by atoms with van der Waals surface area (Å²) in [5, 5.41) is 5.03. The highest BCUT2D eigenvalue weighted by atomic mass is 19.1. The van der Waals surface area contributed by atoms with Crippen molar-refractivity contribution in [3.63, 3.8) is 0 Å². The van der Waals surface area contributed by atoms with Crippen molar-refractivity contribution in [1.82, 2.24) is 0 Å². The summed E-state index contributed by atoms with van der Waals surface area (Å²) in [5.74, 6) is -1.35. The van der Waals surface area contributed by atoms with Gasteiger partial charge in [0.25, 0.3) is 11.8 Å². The lowest BCUT2D eigenvalue weighted by molar-refractivity contribution is 0.101. The first-order valence-electron chi connectivity index (χ1n) is 8.99. The van der Waals surface area contributed by atoms with Crippen LogP contribution in [0.2, 0.25) is 0 Å². The van der Waals surface area contributed by atoms with Crippen molar-refractivity contribution in [2.24, 2.45) is 0 Å². The standard InChI is InChI=1S/C22H16F2N2O4/c1-12-2-3-13(8-17(12)24)22(28)26-18-10-15(5-6-16(18)23)25-21(27)14-4-7-19-20(9-14)30-11-29-19/h2-10H,11H2,1H3,(H,25,27)(H,26,28). The van der Waals surface area contributed by atoms with E-state index in [4.69, 9.17) is 9.47 Å². The molecular formula is C22H16F2N2O4. The summed E-state index contributed by atoms with van der Waals surface area (Å²) in [4.78, 5) is 24.8. The van der Waals surface area contributed by atoms with Gasteiger partial charge < -0.3 is 20.1 Å². The fourth-order valence-electron chi connectivity index (χ4n) is 2.87. The van der Waals surface area contributed by atoms with Gasteiger partial charge in [-0.3, -0.25) is 9.59 Å². The van der Waals surface area contributed by atoms with E-state index in [9.17, 15) is 18.4 Å². The highest BCUT2D eigenvalue weighted by Crippen LogP contribution is 2.32. The molecule has 2 N–H and O–H groups in total. The lowest BCUT2D eigenvalue weighted by atomic mass is 10.1. The van der Waals surface area contributed by atoms with E-state index in [-0.39, 0.29) is 23.7 Å². The van der Waals surface area contributed by atoms with Gasteiger partial charge >= 0.3 is 0 Å². The third kappa shape index (κ3) is 3.93. The zero-order valence-electron chi connectivity index (χ0n) is 15.8. The molecule has 1 aliphatic heterocycles. The second-order valence-corrected chi connectivity index (χ2v) is 6.63. The molecule has 6 nitrogen and oxygen atoms in total. The molecule has 0 unspecified atom stereocenters. The molecule has 1 aliphatic rings. The van der Waals surface area contributed by atoms with Gasteiger partial charge in [0.1, 0.15) is 11.6 Å². The Bertz CT molecular complexity index is 1160. The number of halogens is 2. The molecule has 0 radical (unpaired) electrons. The number of carbonyl (C=O) groups excluding carboxylic acids is 2. The molecule has 1 heterocycles. The molecule has 0 bridgehead atoms. The van der Waals surface area contributed by atoms with Crippen molar-refractivity contribution in [3.8, 4) is 11.5 Å². The number of hydrogen-bond donors (Lipinski definition) is 2. The van der Waals surface area contributed by atoms with Crippen molar-refractivity contribution >= 4 is 23.2 Å². The number of nitrogens with one attached hydrogen (secondary N) is 2. The van der Waals surface area contributed by atoms with Crippen molar-refractivity contribution in [1.29, 1.82) is 0 Å². The molecule has 2 amide bonds. The summed E-state index contributed by atoms with van der Waals surface area (Å²) in [6.45, 7) is 1.66. The van der Waals surface area contributed by atoms with E-state index in [0.29, 0.717) is 22.6 Å². The predicted molar refractivity (Wildman–Crippen MR) is 106 cm³/mol. The van der Waals surface area contributed by atoms with Crippen LogP contribution in [0.5, 0.6) is 11.5 Å². The molecular weight excluding hydrogens is 394 g/mol. The lowest BCUT2D eigenvalue weighted by Crippen LogP contribution is -2.15. The number of carbonyl (C=O) groups is 2. The average Bonchev–Trinajstić information content (AvgIpc) is 3.20. The Kier molecular flexibility index (Phi) is 5.05. The van der Waals surface area contributed by atoms with Crippen molar-refractivity contribution in [2.75, 3.05) is 17.4 Å². The van der Waals surface area contributed by atoms with Gasteiger partial charge in [-0.1, -0.05) is 6.07 Å². The fourth-order valence-corrected chi connectivity index (χ4v) is 2.87. The molecule has 152 valence electrons. The Morgan fingerprint density at radius 1 is 0.800 bits per heavy atom. The number of fused-ring (bicyclic) bond motifs is 1. The fraction of sp³-hybridized carbons (Fsp3) is 0.0909. The first-order chi connectivity index (χ1) is 14.4. The van der Waals surface area contributed by atoms with Crippen LogP contribution in [0, 0.1) is 18.6 Å². The zero-order valence-corrected chi connectivity index (χ0v) is 15.8. The molecule has 0 aliphatic carbocycles. The van der Waals surface area contributed by atoms with Crippen LogP contribution in [0.4, 0.5) is 20.2 Å². The van der Waals surface area contributed by atoms with E-state index >= 15 is 0 Å². The van der Waals surface area contributed by atoms with Crippen molar-refractivity contribution < 1.29 is 27.8 Å². The van der Waals surface area contributed by atoms with E-state index in [2.05, 4.69) is 10.6 Å². The van der Waals surface area contributed by atoms with Gasteiger partial charge in [0, 0.05) is 16.8 Å². The first-order valence-corrected chi connectivity index (χ1v) is 8.99. The molecule has 8 heteroatoms. The van der Waals surface area contributed by atoms with E-state index in [1.807, 2.05) is 0 Å². The quantitative estimate of drug-likeness (QED) is 0.664. The molecule has 3 aromatic carbocycles. The third-order valence-electron chi connectivity index (χ3n) is 4.54. The van der Waals surface area contributed by atoms with Gasteiger partial charge in [-0.05, 0) is 61.0 Å². The summed E-state index contributed by atoms with van der Waals surface area (Å²) < 4.78 is 38.3. The molecule has 0 saturated carbocycles. The largest absolute Gasteiger partial charge is 0.454 e. The monoisotopic (exact) mass is 410 g/mol. The maximum atomic E-state index is 14.2. The number of rotatable bonds is 4. The van der Waals surface area contributed by atoms with Gasteiger partial charge in [0.15, 0.2) is 11.5 Å².